The molecule has 0 saturated carbocycles. The zero-order valence-electron chi connectivity index (χ0n) is 16.9. The Balaban J connectivity index is 1.54. The van der Waals surface area contributed by atoms with Crippen LogP contribution in [0.4, 0.5) is 0 Å². The molecule has 152 valence electrons. The monoisotopic (exact) mass is 393 g/mol. The average Bonchev–Trinajstić information content (AvgIpc) is 3.38. The van der Waals surface area contributed by atoms with Crippen molar-refractivity contribution in [2.75, 3.05) is 32.8 Å². The molecule has 0 spiro atoms. The van der Waals surface area contributed by atoms with E-state index in [4.69, 9.17) is 4.74 Å². The lowest BCUT2D eigenvalue weighted by Gasteiger charge is -2.35. The highest BCUT2D eigenvalue weighted by atomic mass is 16.5. The number of hydrogen-bond acceptors (Lipinski definition) is 4. The fraction of sp³-hybridized carbons (Fsp3) is 0.364. The third kappa shape index (κ3) is 4.26. The molecule has 7 nitrogen and oxygen atoms in total. The summed E-state index contributed by atoms with van der Waals surface area (Å²) in [6.07, 6.45) is 5.45. The number of hydrogen-bond donors (Lipinski definition) is 1. The quantitative estimate of drug-likeness (QED) is 0.698. The lowest BCUT2D eigenvalue weighted by atomic mass is 10.0. The van der Waals surface area contributed by atoms with Gasteiger partial charge in [0.05, 0.1) is 25.5 Å². The first-order chi connectivity index (χ1) is 14.1. The molecule has 1 N–H and O–H groups in total. The van der Waals surface area contributed by atoms with E-state index in [0.29, 0.717) is 12.1 Å². The summed E-state index contributed by atoms with van der Waals surface area (Å²) in [5.74, 6) is 0.638. The van der Waals surface area contributed by atoms with Gasteiger partial charge in [0, 0.05) is 39.1 Å². The third-order valence-corrected chi connectivity index (χ3v) is 5.37. The van der Waals surface area contributed by atoms with Gasteiger partial charge in [0.1, 0.15) is 11.4 Å². The van der Waals surface area contributed by atoms with Crippen molar-refractivity contribution in [1.29, 1.82) is 0 Å². The predicted molar refractivity (Wildman–Crippen MR) is 111 cm³/mol. The smallest absolute Gasteiger partial charge is 0.256 e. The molecule has 0 unspecified atom stereocenters. The number of nitrogens with one attached hydrogen (secondary N) is 1. The van der Waals surface area contributed by atoms with Crippen molar-refractivity contribution in [2.24, 2.45) is 7.05 Å². The van der Waals surface area contributed by atoms with Crippen LogP contribution < -0.4 is 5.32 Å². The minimum atomic E-state index is -0.118. The molecule has 1 aromatic carbocycles. The van der Waals surface area contributed by atoms with E-state index in [2.05, 4.69) is 46.5 Å². The third-order valence-electron chi connectivity index (χ3n) is 5.37. The van der Waals surface area contributed by atoms with Gasteiger partial charge in [-0.3, -0.25) is 14.4 Å². The van der Waals surface area contributed by atoms with Crippen LogP contribution in [-0.2, 0) is 11.8 Å². The van der Waals surface area contributed by atoms with Gasteiger partial charge >= 0.3 is 0 Å². The van der Waals surface area contributed by atoms with E-state index >= 15 is 0 Å². The van der Waals surface area contributed by atoms with E-state index in [9.17, 15) is 4.79 Å². The summed E-state index contributed by atoms with van der Waals surface area (Å²) in [5, 5.41) is 7.43. The Kier molecular flexibility index (Phi) is 5.78. The Labute approximate surface area is 170 Å². The van der Waals surface area contributed by atoms with Crippen LogP contribution in [0.3, 0.4) is 0 Å². The van der Waals surface area contributed by atoms with Crippen molar-refractivity contribution in [3.63, 3.8) is 0 Å². The Morgan fingerprint density at radius 1 is 1.21 bits per heavy atom. The van der Waals surface area contributed by atoms with Crippen molar-refractivity contribution in [3.8, 4) is 5.82 Å². The van der Waals surface area contributed by atoms with Crippen molar-refractivity contribution < 1.29 is 9.53 Å². The number of nitrogens with zero attached hydrogens (tertiary/aromatic N) is 4. The predicted octanol–water partition coefficient (Wildman–Crippen LogP) is 2.32. The first-order valence-electron chi connectivity index (χ1n) is 9.95. The zero-order valence-corrected chi connectivity index (χ0v) is 16.9. The molecule has 3 aromatic rings. The summed E-state index contributed by atoms with van der Waals surface area (Å²) < 4.78 is 9.14. The Morgan fingerprint density at radius 2 is 1.97 bits per heavy atom. The number of amides is 1. The fourth-order valence-corrected chi connectivity index (χ4v) is 3.88. The highest BCUT2D eigenvalue weighted by molar-refractivity contribution is 5.97. The van der Waals surface area contributed by atoms with Crippen LogP contribution in [0.25, 0.3) is 5.82 Å². The van der Waals surface area contributed by atoms with Gasteiger partial charge in [0.2, 0.25) is 0 Å². The van der Waals surface area contributed by atoms with Crippen molar-refractivity contribution in [1.82, 2.24) is 24.6 Å². The van der Waals surface area contributed by atoms with Gasteiger partial charge in [-0.15, -0.1) is 0 Å². The van der Waals surface area contributed by atoms with E-state index in [0.717, 1.165) is 32.1 Å². The molecule has 1 fully saturated rings. The first-order valence-corrected chi connectivity index (χ1v) is 9.95. The van der Waals surface area contributed by atoms with E-state index in [-0.39, 0.29) is 11.9 Å². The van der Waals surface area contributed by atoms with Crippen LogP contribution in [0.15, 0.2) is 55.0 Å². The normalized spacial score (nSPS) is 15.9. The zero-order chi connectivity index (χ0) is 20.2. The molecular formula is C22H27N5O2. The number of morpholine rings is 1. The molecule has 7 heteroatoms. The molecule has 1 saturated heterocycles. The fourth-order valence-electron chi connectivity index (χ4n) is 3.88. The minimum Gasteiger partial charge on any atom is -0.379 e. The molecule has 2 aromatic heterocycles. The van der Waals surface area contributed by atoms with Crippen LogP contribution >= 0.6 is 0 Å². The van der Waals surface area contributed by atoms with Gasteiger partial charge in [-0.2, -0.15) is 5.10 Å². The molecule has 29 heavy (non-hydrogen) atoms. The van der Waals surface area contributed by atoms with Crippen LogP contribution in [0.5, 0.6) is 0 Å². The lowest BCUT2D eigenvalue weighted by Crippen LogP contribution is -2.43. The molecule has 1 atom stereocenters. The second kappa shape index (κ2) is 8.63. The molecular weight excluding hydrogens is 366 g/mol. The molecule has 4 rings (SSSR count). The van der Waals surface area contributed by atoms with E-state index in [1.54, 1.807) is 10.9 Å². The Hall–Kier alpha value is -2.90. The second-order valence-corrected chi connectivity index (χ2v) is 7.38. The van der Waals surface area contributed by atoms with Gasteiger partial charge in [0.25, 0.3) is 5.91 Å². The molecule has 3 heterocycles. The Bertz CT molecular complexity index is 958. The van der Waals surface area contributed by atoms with Crippen LogP contribution in [-0.4, -0.2) is 58.0 Å². The van der Waals surface area contributed by atoms with Gasteiger partial charge in [0.15, 0.2) is 0 Å². The lowest BCUT2D eigenvalue weighted by molar-refractivity contribution is 0.0162. The van der Waals surface area contributed by atoms with E-state index < -0.39 is 0 Å². The van der Waals surface area contributed by atoms with E-state index in [1.165, 1.54) is 11.1 Å². The van der Waals surface area contributed by atoms with Crippen LogP contribution in [0, 0.1) is 6.92 Å². The highest BCUT2D eigenvalue weighted by Gasteiger charge is 2.25. The number of aryl methyl sites for hydroxylation is 2. The molecule has 0 aliphatic carbocycles. The second-order valence-electron chi connectivity index (χ2n) is 7.38. The van der Waals surface area contributed by atoms with Crippen LogP contribution in [0.2, 0.25) is 0 Å². The maximum Gasteiger partial charge on any atom is 0.256 e. The number of carbonyl (C=O) groups is 1. The molecule has 1 aliphatic heterocycles. The molecule has 1 aliphatic rings. The van der Waals surface area contributed by atoms with Gasteiger partial charge in [-0.25, -0.2) is 0 Å². The van der Waals surface area contributed by atoms with Crippen molar-refractivity contribution in [3.05, 3.63) is 71.7 Å². The number of aromatic nitrogens is 3. The van der Waals surface area contributed by atoms with Gasteiger partial charge in [-0.05, 0) is 24.6 Å². The summed E-state index contributed by atoms with van der Waals surface area (Å²) >= 11 is 0. The van der Waals surface area contributed by atoms with Crippen molar-refractivity contribution in [2.45, 2.75) is 13.0 Å². The number of ether oxygens (including phenoxy) is 1. The summed E-state index contributed by atoms with van der Waals surface area (Å²) in [4.78, 5) is 15.4. The maximum atomic E-state index is 13.0. The summed E-state index contributed by atoms with van der Waals surface area (Å²) in [6.45, 7) is 5.78. The molecule has 1 amide bonds. The molecule has 0 bridgehead atoms. The molecule has 0 radical (unpaired) electrons. The average molecular weight is 393 g/mol. The number of carbonyl (C=O) groups excluding carboxylic acids is 1. The first kappa shape index (κ1) is 19.4. The van der Waals surface area contributed by atoms with Gasteiger partial charge in [-0.1, -0.05) is 29.8 Å². The van der Waals surface area contributed by atoms with Gasteiger partial charge < -0.3 is 14.6 Å². The number of rotatable bonds is 6. The summed E-state index contributed by atoms with van der Waals surface area (Å²) in [6, 6.07) is 12.5. The largest absolute Gasteiger partial charge is 0.379 e. The highest BCUT2D eigenvalue weighted by Crippen LogP contribution is 2.23. The summed E-state index contributed by atoms with van der Waals surface area (Å²) in [7, 11) is 1.84. The van der Waals surface area contributed by atoms with Crippen LogP contribution in [0.1, 0.15) is 27.5 Å². The topological polar surface area (TPSA) is 64.3 Å². The Morgan fingerprint density at radius 3 is 2.69 bits per heavy atom. The SMILES string of the molecule is Cc1cccc([C@@H](CNC(=O)c2cnn(C)c2-n2cccc2)N2CCOCC2)c1. The number of benzene rings is 1. The van der Waals surface area contributed by atoms with Crippen molar-refractivity contribution >= 4 is 5.91 Å². The standard InChI is InChI=1S/C22H27N5O2/c1-17-6-5-7-18(14-17)20(26-10-12-29-13-11-26)16-23-21(28)19-15-24-25(2)22(19)27-8-3-4-9-27/h3-9,14-15,20H,10-13,16H2,1-2H3,(H,23,28)/t20-/m1/s1. The minimum absolute atomic E-state index is 0.106. The summed E-state index contributed by atoms with van der Waals surface area (Å²) in [5.41, 5.74) is 2.99. The maximum absolute atomic E-state index is 13.0. The van der Waals surface area contributed by atoms with E-state index in [1.807, 2.05) is 36.1 Å².